The van der Waals surface area contributed by atoms with Crippen molar-refractivity contribution in [2.75, 3.05) is 36.2 Å². The number of nitrogens with zero attached hydrogens (tertiary/aromatic N) is 2. The fraction of sp³-hybridized carbons (Fsp3) is 0.333. The SMILES string of the molecule is CS(=O)(=O)NC1CCN(c2ccccc2NC(=O)c2csc(-c3ccc4c(c3)CCO4)n2)CC1. The van der Waals surface area contributed by atoms with Crippen LogP contribution in [-0.4, -0.2) is 51.3 Å². The molecule has 0 atom stereocenters. The van der Waals surface area contributed by atoms with E-state index >= 15 is 0 Å². The standard InChI is InChI=1S/C24H26N4O4S2/c1-34(30,31)27-18-8-11-28(12-9-18)21-5-3-2-4-19(21)25-23(29)20-15-33-24(26-20)17-6-7-22-16(14-17)10-13-32-22/h2-7,14-15,18,27H,8-13H2,1H3,(H,25,29). The summed E-state index contributed by atoms with van der Waals surface area (Å²) in [7, 11) is -3.22. The number of hydrogen-bond donors (Lipinski definition) is 2. The molecule has 1 aromatic heterocycles. The van der Waals surface area contributed by atoms with Gasteiger partial charge in [0.15, 0.2) is 0 Å². The number of fused-ring (bicyclic) bond motifs is 1. The van der Waals surface area contributed by atoms with Gasteiger partial charge in [0, 0.05) is 36.5 Å². The van der Waals surface area contributed by atoms with Gasteiger partial charge < -0.3 is 15.0 Å². The van der Waals surface area contributed by atoms with Crippen molar-refractivity contribution in [1.82, 2.24) is 9.71 Å². The fourth-order valence-electron chi connectivity index (χ4n) is 4.41. The molecular formula is C24H26N4O4S2. The number of aromatic nitrogens is 1. The van der Waals surface area contributed by atoms with Crippen molar-refractivity contribution in [3.05, 3.63) is 59.1 Å². The molecule has 0 spiro atoms. The minimum absolute atomic E-state index is 0.0628. The number of thiazole rings is 1. The highest BCUT2D eigenvalue weighted by Gasteiger charge is 2.24. The van der Waals surface area contributed by atoms with Gasteiger partial charge in [-0.1, -0.05) is 12.1 Å². The summed E-state index contributed by atoms with van der Waals surface area (Å²) >= 11 is 1.44. The zero-order chi connectivity index (χ0) is 23.7. The molecule has 0 unspecified atom stereocenters. The maximum atomic E-state index is 13.0. The Balaban J connectivity index is 1.27. The summed E-state index contributed by atoms with van der Waals surface area (Å²) in [5, 5.41) is 5.59. The van der Waals surface area contributed by atoms with E-state index < -0.39 is 10.0 Å². The van der Waals surface area contributed by atoms with E-state index in [0.29, 0.717) is 43.9 Å². The van der Waals surface area contributed by atoms with Crippen molar-refractivity contribution in [3.8, 4) is 16.3 Å². The Bertz CT molecular complexity index is 1310. The van der Waals surface area contributed by atoms with E-state index in [1.165, 1.54) is 23.2 Å². The van der Waals surface area contributed by atoms with Crippen LogP contribution in [-0.2, 0) is 16.4 Å². The number of anilines is 2. The van der Waals surface area contributed by atoms with Crippen LogP contribution in [0.25, 0.3) is 10.6 Å². The number of para-hydroxylation sites is 2. The van der Waals surface area contributed by atoms with Crippen LogP contribution in [0.1, 0.15) is 28.9 Å². The van der Waals surface area contributed by atoms with Crippen LogP contribution in [0.3, 0.4) is 0 Å². The molecule has 178 valence electrons. The number of sulfonamides is 1. The summed E-state index contributed by atoms with van der Waals surface area (Å²) in [5.41, 5.74) is 4.17. The second kappa shape index (κ2) is 9.36. The summed E-state index contributed by atoms with van der Waals surface area (Å²) < 4.78 is 31.3. The number of ether oxygens (including phenoxy) is 1. The van der Waals surface area contributed by atoms with E-state index in [1.807, 2.05) is 36.4 Å². The Morgan fingerprint density at radius 3 is 2.76 bits per heavy atom. The van der Waals surface area contributed by atoms with E-state index in [9.17, 15) is 13.2 Å². The third kappa shape index (κ3) is 5.08. The van der Waals surface area contributed by atoms with E-state index in [0.717, 1.165) is 28.4 Å². The van der Waals surface area contributed by atoms with E-state index in [2.05, 4.69) is 26.0 Å². The van der Waals surface area contributed by atoms with Gasteiger partial charge in [-0.25, -0.2) is 18.1 Å². The molecule has 5 rings (SSSR count). The smallest absolute Gasteiger partial charge is 0.275 e. The highest BCUT2D eigenvalue weighted by Crippen LogP contribution is 2.33. The first-order valence-electron chi connectivity index (χ1n) is 11.2. The molecule has 0 radical (unpaired) electrons. The zero-order valence-electron chi connectivity index (χ0n) is 18.8. The van der Waals surface area contributed by atoms with Crippen LogP contribution in [0.2, 0.25) is 0 Å². The van der Waals surface area contributed by atoms with Crippen molar-refractivity contribution in [2.24, 2.45) is 0 Å². The summed E-state index contributed by atoms with van der Waals surface area (Å²) in [4.78, 5) is 19.8. The predicted molar refractivity (Wildman–Crippen MR) is 134 cm³/mol. The number of amides is 1. The third-order valence-electron chi connectivity index (χ3n) is 6.04. The van der Waals surface area contributed by atoms with Crippen LogP contribution < -0.4 is 19.7 Å². The lowest BCUT2D eigenvalue weighted by Gasteiger charge is -2.34. The van der Waals surface area contributed by atoms with Gasteiger partial charge in [0.2, 0.25) is 10.0 Å². The molecule has 0 bridgehead atoms. The van der Waals surface area contributed by atoms with Gasteiger partial charge in [-0.05, 0) is 48.7 Å². The Hall–Kier alpha value is -2.95. The minimum atomic E-state index is -3.22. The maximum Gasteiger partial charge on any atom is 0.275 e. The van der Waals surface area contributed by atoms with Crippen molar-refractivity contribution in [2.45, 2.75) is 25.3 Å². The average Bonchev–Trinajstić information content (AvgIpc) is 3.48. The van der Waals surface area contributed by atoms with Crippen molar-refractivity contribution >= 4 is 38.6 Å². The first kappa shape index (κ1) is 22.8. The lowest BCUT2D eigenvalue weighted by atomic mass is 10.0. The quantitative estimate of drug-likeness (QED) is 0.539. The summed E-state index contributed by atoms with van der Waals surface area (Å²) in [6.07, 6.45) is 3.49. The van der Waals surface area contributed by atoms with Crippen LogP contribution in [0.4, 0.5) is 11.4 Å². The molecule has 2 aliphatic rings. The first-order valence-corrected chi connectivity index (χ1v) is 14.0. The van der Waals surface area contributed by atoms with Crippen LogP contribution >= 0.6 is 11.3 Å². The Morgan fingerprint density at radius 1 is 1.18 bits per heavy atom. The number of nitrogens with one attached hydrogen (secondary N) is 2. The molecule has 1 amide bonds. The predicted octanol–water partition coefficient (Wildman–Crippen LogP) is 3.52. The molecule has 0 aliphatic carbocycles. The molecule has 10 heteroatoms. The molecule has 2 N–H and O–H groups in total. The van der Waals surface area contributed by atoms with Crippen molar-refractivity contribution in [3.63, 3.8) is 0 Å². The molecule has 34 heavy (non-hydrogen) atoms. The van der Waals surface area contributed by atoms with E-state index in [4.69, 9.17) is 4.74 Å². The second-order valence-corrected chi connectivity index (χ2v) is 11.2. The van der Waals surface area contributed by atoms with Crippen molar-refractivity contribution < 1.29 is 17.9 Å². The fourth-order valence-corrected chi connectivity index (χ4v) is 6.05. The van der Waals surface area contributed by atoms with Gasteiger partial charge in [-0.3, -0.25) is 4.79 Å². The second-order valence-electron chi connectivity index (χ2n) is 8.58. The first-order chi connectivity index (χ1) is 16.4. The van der Waals surface area contributed by atoms with Gasteiger partial charge in [0.05, 0.1) is 24.2 Å². The lowest BCUT2D eigenvalue weighted by molar-refractivity contribution is 0.102. The number of hydrogen-bond acceptors (Lipinski definition) is 7. The van der Waals surface area contributed by atoms with Gasteiger partial charge in [0.25, 0.3) is 5.91 Å². The number of benzene rings is 2. The molecule has 1 saturated heterocycles. The molecular weight excluding hydrogens is 472 g/mol. The van der Waals surface area contributed by atoms with Crippen LogP contribution in [0, 0.1) is 0 Å². The van der Waals surface area contributed by atoms with Crippen LogP contribution in [0.5, 0.6) is 5.75 Å². The third-order valence-corrected chi connectivity index (χ3v) is 7.69. The summed E-state index contributed by atoms with van der Waals surface area (Å²) in [5.74, 6) is 0.666. The molecule has 1 fully saturated rings. The highest BCUT2D eigenvalue weighted by molar-refractivity contribution is 7.88. The summed E-state index contributed by atoms with van der Waals surface area (Å²) in [6.45, 7) is 2.10. The molecule has 2 aromatic carbocycles. The Kier molecular flexibility index (Phi) is 6.28. The molecule has 8 nitrogen and oxygen atoms in total. The molecule has 2 aliphatic heterocycles. The minimum Gasteiger partial charge on any atom is -0.493 e. The number of rotatable bonds is 6. The normalized spacial score (nSPS) is 16.2. The lowest BCUT2D eigenvalue weighted by Crippen LogP contribution is -2.44. The van der Waals surface area contributed by atoms with Gasteiger partial charge in [0.1, 0.15) is 16.5 Å². The Labute approximate surface area is 203 Å². The van der Waals surface area contributed by atoms with Crippen LogP contribution in [0.15, 0.2) is 47.8 Å². The highest BCUT2D eigenvalue weighted by atomic mass is 32.2. The average molecular weight is 499 g/mol. The van der Waals surface area contributed by atoms with Gasteiger partial charge >= 0.3 is 0 Å². The number of carbonyl (C=O) groups excluding carboxylic acids is 1. The van der Waals surface area contributed by atoms with Gasteiger partial charge in [-0.15, -0.1) is 11.3 Å². The van der Waals surface area contributed by atoms with Crippen molar-refractivity contribution in [1.29, 1.82) is 0 Å². The monoisotopic (exact) mass is 498 g/mol. The maximum absolute atomic E-state index is 13.0. The topological polar surface area (TPSA) is 101 Å². The zero-order valence-corrected chi connectivity index (χ0v) is 20.4. The summed E-state index contributed by atoms with van der Waals surface area (Å²) in [6, 6.07) is 13.6. The molecule has 3 aromatic rings. The largest absolute Gasteiger partial charge is 0.493 e. The van der Waals surface area contributed by atoms with E-state index in [-0.39, 0.29) is 11.9 Å². The number of piperidine rings is 1. The van der Waals surface area contributed by atoms with Gasteiger partial charge in [-0.2, -0.15) is 0 Å². The molecule has 0 saturated carbocycles. The van der Waals surface area contributed by atoms with E-state index in [1.54, 1.807) is 5.38 Å². The molecule has 3 heterocycles. The number of carbonyl (C=O) groups is 1. The Morgan fingerprint density at radius 2 is 1.97 bits per heavy atom.